The molecule has 1 aliphatic heterocycles. The molecule has 0 radical (unpaired) electrons. The van der Waals surface area contributed by atoms with Crippen molar-refractivity contribution in [2.24, 2.45) is 11.8 Å². The van der Waals surface area contributed by atoms with Gasteiger partial charge in [0.15, 0.2) is 5.13 Å². The highest BCUT2D eigenvalue weighted by Crippen LogP contribution is 2.29. The molecule has 7 heteroatoms. The summed E-state index contributed by atoms with van der Waals surface area (Å²) >= 11 is 1.55. The lowest BCUT2D eigenvalue weighted by molar-refractivity contribution is -0.118. The Labute approximate surface area is 164 Å². The zero-order valence-electron chi connectivity index (χ0n) is 15.8. The van der Waals surface area contributed by atoms with Crippen LogP contribution >= 0.6 is 11.3 Å². The van der Waals surface area contributed by atoms with E-state index in [1.807, 2.05) is 36.5 Å². The van der Waals surface area contributed by atoms with Gasteiger partial charge in [-0.15, -0.1) is 11.3 Å². The van der Waals surface area contributed by atoms with Gasteiger partial charge < -0.3 is 10.6 Å². The van der Waals surface area contributed by atoms with Crippen molar-refractivity contribution in [3.05, 3.63) is 41.4 Å². The number of thiazole rings is 1. The molecule has 1 aliphatic rings. The van der Waals surface area contributed by atoms with Crippen LogP contribution in [-0.4, -0.2) is 41.3 Å². The topological polar surface area (TPSA) is 74.3 Å². The summed E-state index contributed by atoms with van der Waals surface area (Å²) in [6.07, 6.45) is 3.90. The van der Waals surface area contributed by atoms with Gasteiger partial charge in [0.05, 0.1) is 6.54 Å². The summed E-state index contributed by atoms with van der Waals surface area (Å²) in [7, 11) is 0. The van der Waals surface area contributed by atoms with Crippen molar-refractivity contribution in [1.82, 2.24) is 9.88 Å². The van der Waals surface area contributed by atoms with E-state index in [2.05, 4.69) is 27.4 Å². The Morgan fingerprint density at radius 1 is 1.26 bits per heavy atom. The SMILES string of the molecule is CC(=O)Nc1ncc(CC2CCN(CC(=O)Nc3ccccc3)CC2C)s1. The molecule has 1 saturated heterocycles. The third kappa shape index (κ3) is 5.87. The second-order valence-corrected chi connectivity index (χ2v) is 8.31. The van der Waals surface area contributed by atoms with E-state index in [1.54, 1.807) is 11.3 Å². The predicted molar refractivity (Wildman–Crippen MR) is 109 cm³/mol. The number of carbonyl (C=O) groups excluding carboxylic acids is 2. The van der Waals surface area contributed by atoms with Gasteiger partial charge in [-0.25, -0.2) is 4.98 Å². The normalized spacial score (nSPS) is 20.2. The number of nitrogens with one attached hydrogen (secondary N) is 2. The molecule has 2 N–H and O–H groups in total. The van der Waals surface area contributed by atoms with Crippen molar-refractivity contribution >= 4 is 34.0 Å². The van der Waals surface area contributed by atoms with Gasteiger partial charge in [0.2, 0.25) is 11.8 Å². The molecule has 1 aromatic heterocycles. The summed E-state index contributed by atoms with van der Waals surface area (Å²) in [5.41, 5.74) is 0.839. The van der Waals surface area contributed by atoms with Crippen molar-refractivity contribution in [2.45, 2.75) is 26.7 Å². The fraction of sp³-hybridized carbons (Fsp3) is 0.450. The molecule has 3 rings (SSSR count). The van der Waals surface area contributed by atoms with Crippen LogP contribution in [0, 0.1) is 11.8 Å². The molecule has 2 heterocycles. The lowest BCUT2D eigenvalue weighted by Crippen LogP contribution is -2.43. The Morgan fingerprint density at radius 3 is 2.74 bits per heavy atom. The van der Waals surface area contributed by atoms with E-state index in [0.29, 0.717) is 23.5 Å². The summed E-state index contributed by atoms with van der Waals surface area (Å²) in [5.74, 6) is 1.03. The average molecular weight is 387 g/mol. The molecule has 2 atom stereocenters. The van der Waals surface area contributed by atoms with Crippen molar-refractivity contribution in [1.29, 1.82) is 0 Å². The van der Waals surface area contributed by atoms with E-state index >= 15 is 0 Å². The van der Waals surface area contributed by atoms with Gasteiger partial charge in [0.25, 0.3) is 0 Å². The van der Waals surface area contributed by atoms with Crippen LogP contribution in [0.25, 0.3) is 0 Å². The fourth-order valence-electron chi connectivity index (χ4n) is 3.52. The summed E-state index contributed by atoms with van der Waals surface area (Å²) in [6.45, 7) is 6.02. The Balaban J connectivity index is 1.46. The van der Waals surface area contributed by atoms with Gasteiger partial charge in [-0.2, -0.15) is 0 Å². The highest BCUT2D eigenvalue weighted by molar-refractivity contribution is 7.15. The number of carbonyl (C=O) groups is 2. The van der Waals surface area contributed by atoms with Gasteiger partial charge >= 0.3 is 0 Å². The van der Waals surface area contributed by atoms with Gasteiger partial charge in [0, 0.05) is 30.2 Å². The number of amides is 2. The van der Waals surface area contributed by atoms with E-state index in [1.165, 1.54) is 11.8 Å². The maximum absolute atomic E-state index is 12.3. The standard InChI is InChI=1S/C20H26N4O2S/c1-14-12-24(13-19(26)23-17-6-4-3-5-7-17)9-8-16(14)10-18-11-21-20(27-18)22-15(2)25/h3-7,11,14,16H,8-10,12-13H2,1-2H3,(H,23,26)(H,21,22,25). The molecule has 144 valence electrons. The van der Waals surface area contributed by atoms with Crippen LogP contribution in [0.5, 0.6) is 0 Å². The maximum atomic E-state index is 12.3. The smallest absolute Gasteiger partial charge is 0.238 e. The van der Waals surface area contributed by atoms with Crippen LogP contribution in [0.1, 0.15) is 25.1 Å². The van der Waals surface area contributed by atoms with E-state index < -0.39 is 0 Å². The number of nitrogens with zero attached hydrogens (tertiary/aromatic N) is 2. The molecule has 0 bridgehead atoms. The van der Waals surface area contributed by atoms with Crippen molar-refractivity contribution in [3.63, 3.8) is 0 Å². The highest BCUT2D eigenvalue weighted by atomic mass is 32.1. The molecule has 2 amide bonds. The first-order valence-electron chi connectivity index (χ1n) is 9.29. The predicted octanol–water partition coefficient (Wildman–Crippen LogP) is 3.24. The molecule has 2 unspecified atom stereocenters. The van der Waals surface area contributed by atoms with E-state index in [-0.39, 0.29) is 11.8 Å². The summed E-state index contributed by atoms with van der Waals surface area (Å²) in [6, 6.07) is 9.57. The quantitative estimate of drug-likeness (QED) is 0.799. The van der Waals surface area contributed by atoms with Gasteiger partial charge in [0.1, 0.15) is 0 Å². The molecule has 1 aromatic carbocycles. The number of rotatable bonds is 6. The molecule has 2 aromatic rings. The van der Waals surface area contributed by atoms with Crippen LogP contribution in [0.2, 0.25) is 0 Å². The highest BCUT2D eigenvalue weighted by Gasteiger charge is 2.27. The molecular formula is C20H26N4O2S. The average Bonchev–Trinajstić information content (AvgIpc) is 3.04. The summed E-state index contributed by atoms with van der Waals surface area (Å²) in [4.78, 5) is 31.1. The Bertz CT molecular complexity index is 777. The van der Waals surface area contributed by atoms with Gasteiger partial charge in [-0.3, -0.25) is 14.5 Å². The third-order valence-corrected chi connectivity index (χ3v) is 5.83. The number of hydrogen-bond acceptors (Lipinski definition) is 5. The van der Waals surface area contributed by atoms with Gasteiger partial charge in [-0.05, 0) is 43.4 Å². The molecule has 27 heavy (non-hydrogen) atoms. The monoisotopic (exact) mass is 386 g/mol. The maximum Gasteiger partial charge on any atom is 0.238 e. The number of benzene rings is 1. The van der Waals surface area contributed by atoms with Crippen molar-refractivity contribution in [3.8, 4) is 0 Å². The number of piperidine rings is 1. The number of anilines is 2. The lowest BCUT2D eigenvalue weighted by Gasteiger charge is -2.36. The third-order valence-electron chi connectivity index (χ3n) is 4.89. The molecule has 0 aliphatic carbocycles. The number of aromatic nitrogens is 1. The van der Waals surface area contributed by atoms with Crippen molar-refractivity contribution < 1.29 is 9.59 Å². The lowest BCUT2D eigenvalue weighted by atomic mass is 9.84. The minimum atomic E-state index is -0.0913. The zero-order chi connectivity index (χ0) is 19.2. The van der Waals surface area contributed by atoms with Gasteiger partial charge in [-0.1, -0.05) is 25.1 Å². The molecule has 6 nitrogen and oxygen atoms in total. The number of hydrogen-bond donors (Lipinski definition) is 2. The van der Waals surface area contributed by atoms with Crippen molar-refractivity contribution in [2.75, 3.05) is 30.3 Å². The number of para-hydroxylation sites is 1. The van der Waals surface area contributed by atoms with Crippen LogP contribution in [0.3, 0.4) is 0 Å². The van der Waals surface area contributed by atoms with E-state index in [0.717, 1.165) is 31.6 Å². The first-order valence-corrected chi connectivity index (χ1v) is 10.1. The van der Waals surface area contributed by atoms with Crippen LogP contribution in [0.15, 0.2) is 36.5 Å². The van der Waals surface area contributed by atoms with Crippen LogP contribution < -0.4 is 10.6 Å². The molecular weight excluding hydrogens is 360 g/mol. The summed E-state index contributed by atoms with van der Waals surface area (Å²) < 4.78 is 0. The van der Waals surface area contributed by atoms with E-state index in [4.69, 9.17) is 0 Å². The molecule has 0 spiro atoms. The second-order valence-electron chi connectivity index (χ2n) is 7.19. The minimum absolute atomic E-state index is 0.0363. The van der Waals surface area contributed by atoms with Crippen LogP contribution in [0.4, 0.5) is 10.8 Å². The Kier molecular flexibility index (Phi) is 6.58. The number of likely N-dealkylation sites (tertiary alicyclic amines) is 1. The zero-order valence-corrected chi connectivity index (χ0v) is 16.6. The molecule has 0 saturated carbocycles. The second kappa shape index (κ2) is 9.10. The summed E-state index contributed by atoms with van der Waals surface area (Å²) in [5, 5.41) is 6.36. The Morgan fingerprint density at radius 2 is 2.04 bits per heavy atom. The van der Waals surface area contributed by atoms with E-state index in [9.17, 15) is 9.59 Å². The molecule has 1 fully saturated rings. The first kappa shape index (κ1) is 19.5. The largest absolute Gasteiger partial charge is 0.325 e. The van der Waals surface area contributed by atoms with Crippen LogP contribution in [-0.2, 0) is 16.0 Å². The Hall–Kier alpha value is -2.25. The fourth-order valence-corrected chi connectivity index (χ4v) is 4.47. The first-order chi connectivity index (χ1) is 13.0. The minimum Gasteiger partial charge on any atom is -0.325 e.